The molecule has 0 radical (unpaired) electrons. The zero-order chi connectivity index (χ0) is 25.2. The molecule has 8 heteroatoms. The highest BCUT2D eigenvalue weighted by Gasteiger charge is 2.23. The maximum atomic E-state index is 13.7. The number of anilines is 1. The van der Waals surface area contributed by atoms with Crippen molar-refractivity contribution in [1.82, 2.24) is 0 Å². The van der Waals surface area contributed by atoms with E-state index in [1.165, 1.54) is 6.07 Å². The molecule has 0 fully saturated rings. The average Bonchev–Trinajstić information content (AvgIpc) is 2.77. The number of hydrogen-bond acceptors (Lipinski definition) is 4. The third kappa shape index (κ3) is 5.43. The Morgan fingerprint density at radius 3 is 2.32 bits per heavy atom. The SMILES string of the molecule is Cc1ccc(/C([O-])=C(/C(=S)Nc2cccc(Cl)c2C)[n+]2ccc(C(C)(C)C)cc2)cc1[N+](=O)[O-]. The monoisotopic (exact) mass is 495 g/mol. The van der Waals surface area contributed by atoms with Gasteiger partial charge in [0.1, 0.15) is 0 Å². The van der Waals surface area contributed by atoms with Crippen LogP contribution in [0.4, 0.5) is 11.4 Å². The Balaban J connectivity index is 2.17. The van der Waals surface area contributed by atoms with Crippen LogP contribution in [0.15, 0.2) is 60.9 Å². The summed E-state index contributed by atoms with van der Waals surface area (Å²) in [6.45, 7) is 9.78. The van der Waals surface area contributed by atoms with Gasteiger partial charge in [-0.15, -0.1) is 0 Å². The van der Waals surface area contributed by atoms with E-state index in [9.17, 15) is 15.2 Å². The van der Waals surface area contributed by atoms with Gasteiger partial charge in [0.15, 0.2) is 17.4 Å². The molecule has 0 aliphatic rings. The van der Waals surface area contributed by atoms with E-state index in [-0.39, 0.29) is 27.4 Å². The van der Waals surface area contributed by atoms with Crippen molar-refractivity contribution in [3.8, 4) is 0 Å². The van der Waals surface area contributed by atoms with Crippen LogP contribution in [-0.4, -0.2) is 9.91 Å². The van der Waals surface area contributed by atoms with Gasteiger partial charge in [0.25, 0.3) is 5.69 Å². The number of nitrogens with zero attached hydrogens (tertiary/aromatic N) is 2. The van der Waals surface area contributed by atoms with Gasteiger partial charge >= 0.3 is 0 Å². The van der Waals surface area contributed by atoms with Gasteiger partial charge in [-0.3, -0.25) is 10.1 Å². The molecule has 2 aromatic carbocycles. The lowest BCUT2D eigenvalue weighted by Crippen LogP contribution is -2.40. The van der Waals surface area contributed by atoms with E-state index in [1.54, 1.807) is 48.1 Å². The smallest absolute Gasteiger partial charge is 0.272 e. The molecule has 176 valence electrons. The summed E-state index contributed by atoms with van der Waals surface area (Å²) in [5.41, 5.74) is 3.17. The van der Waals surface area contributed by atoms with Crippen molar-refractivity contribution in [3.63, 3.8) is 0 Å². The largest absolute Gasteiger partial charge is 0.867 e. The Kier molecular flexibility index (Phi) is 7.38. The highest BCUT2D eigenvalue weighted by molar-refractivity contribution is 7.81. The Morgan fingerprint density at radius 2 is 1.74 bits per heavy atom. The van der Waals surface area contributed by atoms with E-state index in [4.69, 9.17) is 23.8 Å². The standard InChI is InChI=1S/C26H26ClN3O3S/c1-16-9-10-18(15-22(16)30(32)33)24(31)23(29-13-11-19(12-14-29)26(3,4)5)25(34)28-21-8-6-7-20(27)17(21)2/h6-15H,1-5H3,(H-,28,31,34). The van der Waals surface area contributed by atoms with Gasteiger partial charge in [0.2, 0.25) is 5.70 Å². The van der Waals surface area contributed by atoms with Crippen molar-refractivity contribution >= 4 is 51.6 Å². The zero-order valence-corrected chi connectivity index (χ0v) is 21.3. The van der Waals surface area contributed by atoms with Crippen LogP contribution < -0.4 is 15.0 Å². The summed E-state index contributed by atoms with van der Waals surface area (Å²) < 4.78 is 1.64. The van der Waals surface area contributed by atoms with Crippen molar-refractivity contribution < 1.29 is 14.6 Å². The molecule has 34 heavy (non-hydrogen) atoms. The molecule has 0 atom stereocenters. The third-order valence-corrected chi connectivity index (χ3v) is 6.27. The molecule has 0 saturated carbocycles. The summed E-state index contributed by atoms with van der Waals surface area (Å²) in [6, 6.07) is 13.7. The number of hydrogen-bond donors (Lipinski definition) is 1. The fourth-order valence-corrected chi connectivity index (χ4v) is 3.90. The van der Waals surface area contributed by atoms with Crippen molar-refractivity contribution in [2.24, 2.45) is 0 Å². The second-order valence-corrected chi connectivity index (χ2v) is 9.86. The molecule has 3 rings (SSSR count). The number of benzene rings is 2. The summed E-state index contributed by atoms with van der Waals surface area (Å²) >= 11 is 11.9. The predicted octanol–water partition coefficient (Wildman–Crippen LogP) is 5.58. The molecule has 0 saturated heterocycles. The molecule has 1 heterocycles. The zero-order valence-electron chi connectivity index (χ0n) is 19.7. The highest BCUT2D eigenvalue weighted by atomic mass is 35.5. The van der Waals surface area contributed by atoms with Crippen LogP contribution in [0, 0.1) is 24.0 Å². The van der Waals surface area contributed by atoms with Crippen molar-refractivity contribution in [2.45, 2.75) is 40.0 Å². The van der Waals surface area contributed by atoms with Crippen LogP contribution in [0.5, 0.6) is 0 Å². The quantitative estimate of drug-likeness (QED) is 0.125. The Morgan fingerprint density at radius 1 is 1.09 bits per heavy atom. The number of halogens is 1. The third-order valence-electron chi connectivity index (χ3n) is 5.57. The lowest BCUT2D eigenvalue weighted by molar-refractivity contribution is -0.577. The van der Waals surface area contributed by atoms with Gasteiger partial charge in [-0.05, 0) is 53.8 Å². The molecule has 3 aromatic rings. The van der Waals surface area contributed by atoms with Crippen LogP contribution >= 0.6 is 23.8 Å². The number of aryl methyl sites for hydroxylation is 1. The van der Waals surface area contributed by atoms with Crippen LogP contribution in [0.25, 0.3) is 11.5 Å². The number of thiocarbonyl (C=S) groups is 1. The predicted molar refractivity (Wildman–Crippen MR) is 139 cm³/mol. The number of nitro benzene ring substituents is 1. The minimum atomic E-state index is -0.497. The molecule has 1 N–H and O–H groups in total. The van der Waals surface area contributed by atoms with E-state index < -0.39 is 10.7 Å². The molecule has 0 spiro atoms. The van der Waals surface area contributed by atoms with Gasteiger partial charge in [0, 0.05) is 34.5 Å². The number of rotatable bonds is 5. The van der Waals surface area contributed by atoms with Crippen LogP contribution in [0.1, 0.15) is 43.0 Å². The van der Waals surface area contributed by atoms with Crippen molar-refractivity contribution in [2.75, 3.05) is 5.32 Å². The van der Waals surface area contributed by atoms with Crippen molar-refractivity contribution in [3.05, 3.63) is 98.3 Å². The highest BCUT2D eigenvalue weighted by Crippen LogP contribution is 2.27. The van der Waals surface area contributed by atoms with E-state index in [0.717, 1.165) is 11.1 Å². The number of aromatic nitrogens is 1. The van der Waals surface area contributed by atoms with Gasteiger partial charge < -0.3 is 10.4 Å². The van der Waals surface area contributed by atoms with Crippen LogP contribution in [0.3, 0.4) is 0 Å². The minimum absolute atomic E-state index is 0.0719. The molecule has 6 nitrogen and oxygen atoms in total. The first-order valence-corrected chi connectivity index (χ1v) is 11.4. The second kappa shape index (κ2) is 9.91. The van der Waals surface area contributed by atoms with Gasteiger partial charge in [-0.1, -0.05) is 62.8 Å². The molecule has 0 unspecified atom stereocenters. The molecule has 0 aliphatic heterocycles. The Bertz CT molecular complexity index is 1300. The molecular weight excluding hydrogens is 470 g/mol. The summed E-state index contributed by atoms with van der Waals surface area (Å²) in [4.78, 5) is 11.1. The molecule has 0 aliphatic carbocycles. The number of nitrogens with one attached hydrogen (secondary N) is 1. The summed E-state index contributed by atoms with van der Waals surface area (Å²) in [5, 5.41) is 28.8. The van der Waals surface area contributed by atoms with Crippen LogP contribution in [0.2, 0.25) is 5.02 Å². The molecule has 0 bridgehead atoms. The van der Waals surface area contributed by atoms with Crippen LogP contribution in [-0.2, 0) is 5.41 Å². The Labute approximate surface area is 209 Å². The number of nitro groups is 1. The fraction of sp³-hybridized carbons (Fsp3) is 0.231. The first-order chi connectivity index (χ1) is 15.9. The van der Waals surface area contributed by atoms with Gasteiger partial charge in [0.05, 0.1) is 4.92 Å². The lowest BCUT2D eigenvalue weighted by Gasteiger charge is -2.20. The van der Waals surface area contributed by atoms with E-state index in [0.29, 0.717) is 16.3 Å². The minimum Gasteiger partial charge on any atom is -0.867 e. The van der Waals surface area contributed by atoms with E-state index in [1.807, 2.05) is 25.1 Å². The first-order valence-electron chi connectivity index (χ1n) is 10.7. The maximum Gasteiger partial charge on any atom is 0.272 e. The summed E-state index contributed by atoms with van der Waals surface area (Å²) in [5.74, 6) is -0.436. The van der Waals surface area contributed by atoms with Gasteiger partial charge in [-0.25, -0.2) is 0 Å². The number of pyridine rings is 1. The van der Waals surface area contributed by atoms with Gasteiger partial charge in [-0.2, -0.15) is 4.57 Å². The van der Waals surface area contributed by atoms with E-state index in [2.05, 4.69) is 26.1 Å². The first kappa shape index (κ1) is 25.3. The molecule has 1 aromatic heterocycles. The topological polar surface area (TPSA) is 82.1 Å². The second-order valence-electron chi connectivity index (χ2n) is 9.05. The molecular formula is C26H26ClN3O3S. The van der Waals surface area contributed by atoms with Crippen molar-refractivity contribution in [1.29, 1.82) is 0 Å². The maximum absolute atomic E-state index is 13.7. The normalized spacial score (nSPS) is 12.2. The Hall–Kier alpha value is -3.29. The summed E-state index contributed by atoms with van der Waals surface area (Å²) in [6.07, 6.45) is 3.55. The van der Waals surface area contributed by atoms with E-state index >= 15 is 0 Å². The summed E-state index contributed by atoms with van der Waals surface area (Å²) in [7, 11) is 0. The average molecular weight is 496 g/mol. The fourth-order valence-electron chi connectivity index (χ4n) is 3.42. The molecule has 0 amide bonds. The lowest BCUT2D eigenvalue weighted by atomic mass is 9.88.